The van der Waals surface area contributed by atoms with Crippen LogP contribution in [0.2, 0.25) is 0 Å². The molecule has 0 aliphatic heterocycles. The van der Waals surface area contributed by atoms with Crippen molar-refractivity contribution in [3.05, 3.63) is 18.5 Å². The van der Waals surface area contributed by atoms with Crippen LogP contribution in [0.4, 0.5) is 0 Å². The van der Waals surface area contributed by atoms with Crippen LogP contribution in [0.15, 0.2) is 18.5 Å². The van der Waals surface area contributed by atoms with E-state index in [2.05, 4.69) is 25.2 Å². The van der Waals surface area contributed by atoms with E-state index < -0.39 is 0 Å². The maximum absolute atomic E-state index is 4.26. The molecule has 13 heavy (non-hydrogen) atoms. The SMILES string of the molecule is PC1(Cn2cccn2)CCCCC1. The highest BCUT2D eigenvalue weighted by Gasteiger charge is 2.27. The molecule has 1 saturated carbocycles. The second-order valence-electron chi connectivity index (χ2n) is 4.13. The molecule has 1 aromatic heterocycles. The molecule has 0 amide bonds. The summed E-state index contributed by atoms with van der Waals surface area (Å²) in [5, 5.41) is 4.68. The maximum atomic E-state index is 4.26. The molecule has 1 atom stereocenters. The fraction of sp³-hybridized carbons (Fsp3) is 0.700. The van der Waals surface area contributed by atoms with Crippen molar-refractivity contribution >= 4 is 9.24 Å². The van der Waals surface area contributed by atoms with E-state index in [-0.39, 0.29) is 0 Å². The third-order valence-corrected chi connectivity index (χ3v) is 3.65. The molecule has 1 aliphatic carbocycles. The minimum atomic E-state index is 0.421. The van der Waals surface area contributed by atoms with Crippen LogP contribution >= 0.6 is 9.24 Å². The van der Waals surface area contributed by atoms with Gasteiger partial charge in [0.1, 0.15) is 0 Å². The summed E-state index contributed by atoms with van der Waals surface area (Å²) in [4.78, 5) is 0. The number of rotatable bonds is 2. The van der Waals surface area contributed by atoms with Crippen LogP contribution in [0.1, 0.15) is 32.1 Å². The number of hydrogen-bond acceptors (Lipinski definition) is 1. The van der Waals surface area contributed by atoms with E-state index in [0.717, 1.165) is 6.54 Å². The number of aromatic nitrogens is 2. The minimum Gasteiger partial charge on any atom is -0.272 e. The fourth-order valence-electron chi connectivity index (χ4n) is 2.13. The van der Waals surface area contributed by atoms with Crippen LogP contribution in [0.5, 0.6) is 0 Å². The van der Waals surface area contributed by atoms with Crippen molar-refractivity contribution in [2.24, 2.45) is 0 Å². The molecule has 0 aromatic carbocycles. The highest BCUT2D eigenvalue weighted by atomic mass is 31.0. The Morgan fingerprint density at radius 1 is 1.31 bits per heavy atom. The lowest BCUT2D eigenvalue weighted by molar-refractivity contribution is 0.345. The van der Waals surface area contributed by atoms with Gasteiger partial charge >= 0.3 is 0 Å². The summed E-state index contributed by atoms with van der Waals surface area (Å²) < 4.78 is 2.05. The lowest BCUT2D eigenvalue weighted by atomic mass is 9.88. The molecule has 3 heteroatoms. The molecule has 1 aromatic rings. The van der Waals surface area contributed by atoms with Gasteiger partial charge in [0.25, 0.3) is 0 Å². The lowest BCUT2D eigenvalue weighted by Gasteiger charge is -2.33. The average Bonchev–Trinajstić information content (AvgIpc) is 2.57. The zero-order valence-electron chi connectivity index (χ0n) is 7.95. The molecule has 1 unspecified atom stereocenters. The Morgan fingerprint density at radius 2 is 2.08 bits per heavy atom. The Balaban J connectivity index is 1.99. The Hall–Kier alpha value is -0.360. The van der Waals surface area contributed by atoms with Gasteiger partial charge < -0.3 is 0 Å². The molecule has 0 spiro atoms. The molecule has 0 radical (unpaired) electrons. The molecule has 72 valence electrons. The van der Waals surface area contributed by atoms with Gasteiger partial charge in [-0.1, -0.05) is 19.3 Å². The van der Waals surface area contributed by atoms with E-state index in [1.54, 1.807) is 0 Å². The first-order chi connectivity index (χ1) is 6.29. The van der Waals surface area contributed by atoms with Crippen LogP contribution < -0.4 is 0 Å². The van der Waals surface area contributed by atoms with Gasteiger partial charge in [-0.2, -0.15) is 5.10 Å². The molecular formula is C10H17N2P. The third kappa shape index (κ3) is 2.31. The van der Waals surface area contributed by atoms with Gasteiger partial charge in [0.15, 0.2) is 0 Å². The highest BCUT2D eigenvalue weighted by Crippen LogP contribution is 2.37. The zero-order chi connectivity index (χ0) is 9.15. The van der Waals surface area contributed by atoms with Crippen LogP contribution in [0.3, 0.4) is 0 Å². The quantitative estimate of drug-likeness (QED) is 0.664. The Morgan fingerprint density at radius 3 is 2.69 bits per heavy atom. The van der Waals surface area contributed by atoms with Crippen molar-refractivity contribution in [1.82, 2.24) is 9.78 Å². The van der Waals surface area contributed by atoms with E-state index in [1.165, 1.54) is 32.1 Å². The van der Waals surface area contributed by atoms with Crippen molar-refractivity contribution in [1.29, 1.82) is 0 Å². The number of nitrogens with zero attached hydrogens (tertiary/aromatic N) is 2. The predicted molar refractivity (Wildman–Crippen MR) is 57.8 cm³/mol. The van der Waals surface area contributed by atoms with E-state index in [0.29, 0.717) is 5.16 Å². The monoisotopic (exact) mass is 196 g/mol. The summed E-state index contributed by atoms with van der Waals surface area (Å²) in [5.41, 5.74) is 0. The molecular weight excluding hydrogens is 179 g/mol. The smallest absolute Gasteiger partial charge is 0.0499 e. The predicted octanol–water partition coefficient (Wildman–Crippen LogP) is 2.46. The van der Waals surface area contributed by atoms with Gasteiger partial charge in [0.2, 0.25) is 0 Å². The van der Waals surface area contributed by atoms with Crippen molar-refractivity contribution in [2.45, 2.75) is 43.8 Å². The first-order valence-electron chi connectivity index (χ1n) is 5.05. The van der Waals surface area contributed by atoms with E-state index >= 15 is 0 Å². The van der Waals surface area contributed by atoms with E-state index in [9.17, 15) is 0 Å². The summed E-state index contributed by atoms with van der Waals surface area (Å²) in [6.45, 7) is 1.06. The van der Waals surface area contributed by atoms with E-state index in [1.807, 2.05) is 12.3 Å². The molecule has 0 N–H and O–H groups in total. The van der Waals surface area contributed by atoms with Crippen LogP contribution in [0, 0.1) is 0 Å². The number of hydrogen-bond donors (Lipinski definition) is 0. The van der Waals surface area contributed by atoms with Gasteiger partial charge in [-0.05, 0) is 18.9 Å². The van der Waals surface area contributed by atoms with Crippen molar-refractivity contribution in [2.75, 3.05) is 0 Å². The first-order valence-corrected chi connectivity index (χ1v) is 5.63. The van der Waals surface area contributed by atoms with Gasteiger partial charge in [-0.15, -0.1) is 9.24 Å². The van der Waals surface area contributed by atoms with Gasteiger partial charge in [-0.3, -0.25) is 4.68 Å². The summed E-state index contributed by atoms with van der Waals surface area (Å²) in [7, 11) is 3.05. The second kappa shape index (κ2) is 3.79. The molecule has 1 heterocycles. The summed E-state index contributed by atoms with van der Waals surface area (Å²) in [6.07, 6.45) is 10.7. The minimum absolute atomic E-state index is 0.421. The van der Waals surface area contributed by atoms with Crippen LogP contribution in [-0.2, 0) is 6.54 Å². The average molecular weight is 196 g/mol. The van der Waals surface area contributed by atoms with Gasteiger partial charge in [0.05, 0.1) is 0 Å². The Kier molecular flexibility index (Phi) is 2.69. The standard InChI is InChI=1S/C10H17N2P/c13-10(5-2-1-3-6-10)9-12-8-4-7-11-12/h4,7-8H,1-3,5-6,9,13H2. The topological polar surface area (TPSA) is 17.8 Å². The van der Waals surface area contributed by atoms with Gasteiger partial charge in [-0.25, -0.2) is 0 Å². The molecule has 0 saturated heterocycles. The molecule has 0 bridgehead atoms. The maximum Gasteiger partial charge on any atom is 0.0499 e. The summed E-state index contributed by atoms with van der Waals surface area (Å²) in [5.74, 6) is 0. The Bertz CT molecular complexity index is 250. The zero-order valence-corrected chi connectivity index (χ0v) is 9.10. The summed E-state index contributed by atoms with van der Waals surface area (Å²) >= 11 is 0. The summed E-state index contributed by atoms with van der Waals surface area (Å²) in [6, 6.07) is 2.00. The molecule has 1 aliphatic rings. The van der Waals surface area contributed by atoms with Crippen molar-refractivity contribution in [3.8, 4) is 0 Å². The molecule has 1 fully saturated rings. The van der Waals surface area contributed by atoms with Gasteiger partial charge in [0, 0.05) is 24.1 Å². The molecule has 2 rings (SSSR count). The first kappa shape index (κ1) is 9.21. The van der Waals surface area contributed by atoms with Crippen molar-refractivity contribution < 1.29 is 0 Å². The van der Waals surface area contributed by atoms with E-state index in [4.69, 9.17) is 0 Å². The normalized spacial score (nSPS) is 21.6. The lowest BCUT2D eigenvalue weighted by Crippen LogP contribution is -2.30. The Labute approximate surface area is 81.9 Å². The second-order valence-corrected chi connectivity index (χ2v) is 5.35. The van der Waals surface area contributed by atoms with Crippen molar-refractivity contribution in [3.63, 3.8) is 0 Å². The van der Waals surface area contributed by atoms with Crippen LogP contribution in [-0.4, -0.2) is 14.9 Å². The fourth-order valence-corrected chi connectivity index (χ4v) is 2.73. The highest BCUT2D eigenvalue weighted by molar-refractivity contribution is 7.19. The molecule has 2 nitrogen and oxygen atoms in total. The largest absolute Gasteiger partial charge is 0.272 e. The van der Waals surface area contributed by atoms with Crippen LogP contribution in [0.25, 0.3) is 0 Å². The third-order valence-electron chi connectivity index (χ3n) is 2.89.